The largest absolute Gasteiger partial charge is 0.359 e. The molecule has 2 N–H and O–H groups in total. The number of ether oxygens (including phenoxy) is 1. The van der Waals surface area contributed by atoms with Crippen LogP contribution in [0.5, 0.6) is 0 Å². The van der Waals surface area contributed by atoms with Gasteiger partial charge in [0, 0.05) is 23.2 Å². The van der Waals surface area contributed by atoms with Crippen LogP contribution in [0.4, 0.5) is 5.69 Å². The van der Waals surface area contributed by atoms with Gasteiger partial charge in [-0.05, 0) is 74.8 Å². The number of amides is 3. The monoisotopic (exact) mass is 577 g/mol. The molecule has 0 radical (unpaired) electrons. The van der Waals surface area contributed by atoms with E-state index >= 15 is 0 Å². The number of carbonyl (C=O) groups is 3. The van der Waals surface area contributed by atoms with Crippen LogP contribution in [0.3, 0.4) is 0 Å². The van der Waals surface area contributed by atoms with Crippen molar-refractivity contribution in [1.82, 2.24) is 10.2 Å². The van der Waals surface area contributed by atoms with E-state index in [4.69, 9.17) is 4.74 Å². The Morgan fingerprint density at radius 2 is 2.00 bits per heavy atom. The van der Waals surface area contributed by atoms with Gasteiger partial charge in [0.05, 0.1) is 17.9 Å². The summed E-state index contributed by atoms with van der Waals surface area (Å²) in [5, 5.41) is 6.40. The van der Waals surface area contributed by atoms with Crippen LogP contribution < -0.4 is 10.6 Å². The molecule has 1 aromatic rings. The lowest BCUT2D eigenvalue weighted by molar-refractivity contribution is -0.141. The molecule has 2 bridgehead atoms. The van der Waals surface area contributed by atoms with Crippen LogP contribution in [-0.4, -0.2) is 59.2 Å². The number of carbonyl (C=O) groups excluding carboxylic acids is 3. The summed E-state index contributed by atoms with van der Waals surface area (Å²) < 4.78 is 6.55. The molecule has 2 saturated heterocycles. The topological polar surface area (TPSA) is 87.7 Å². The molecule has 3 amide bonds. The average molecular weight is 578 g/mol. The third kappa shape index (κ3) is 5.16. The lowest BCUT2D eigenvalue weighted by Crippen LogP contribution is -2.58. The first-order valence-corrected chi connectivity index (χ1v) is 16.7. The standard InChI is InChI=1S/C33H43N3O4S/c1-20-9-7-14-25(21(20)2)35-31(38)29-33-17-15-26(40-33)27(30(37)34-23-12-8-13-24(19-23)41-3)28(33)32(39)36(29)18-16-22-10-5-4-6-11-22/h8,10,12-13,15,17,19-21,25-29H,4-7,9,11,14,16,18H2,1-3H3,(H,34,37)(H,35,38)/t20-,21+,25-,26+,27-,28+,29+,33+/m1/s1. The molecular weight excluding hydrogens is 534 g/mol. The number of nitrogens with one attached hydrogen (secondary N) is 2. The van der Waals surface area contributed by atoms with E-state index in [-0.39, 0.29) is 23.8 Å². The van der Waals surface area contributed by atoms with Crippen LogP contribution in [-0.2, 0) is 19.1 Å². The second kappa shape index (κ2) is 11.6. The number of rotatable bonds is 8. The summed E-state index contributed by atoms with van der Waals surface area (Å²) in [6, 6.07) is 7.00. The molecule has 7 nitrogen and oxygen atoms in total. The van der Waals surface area contributed by atoms with E-state index in [1.54, 1.807) is 16.7 Å². The van der Waals surface area contributed by atoms with Crippen molar-refractivity contribution in [1.29, 1.82) is 0 Å². The molecule has 220 valence electrons. The molecule has 5 aliphatic rings. The highest BCUT2D eigenvalue weighted by atomic mass is 32.2. The van der Waals surface area contributed by atoms with Crippen molar-refractivity contribution in [3.63, 3.8) is 0 Å². The van der Waals surface area contributed by atoms with E-state index in [2.05, 4.69) is 30.6 Å². The predicted octanol–water partition coefficient (Wildman–Crippen LogP) is 5.33. The zero-order valence-electron chi connectivity index (χ0n) is 24.4. The number of benzene rings is 1. The molecule has 8 heteroatoms. The van der Waals surface area contributed by atoms with Crippen LogP contribution in [0, 0.1) is 23.7 Å². The Morgan fingerprint density at radius 3 is 2.78 bits per heavy atom. The molecule has 3 aliphatic heterocycles. The third-order valence-corrected chi connectivity index (χ3v) is 11.1. The Kier molecular flexibility index (Phi) is 8.07. The van der Waals surface area contributed by atoms with Gasteiger partial charge < -0.3 is 20.3 Å². The average Bonchev–Trinajstić information content (AvgIpc) is 3.62. The van der Waals surface area contributed by atoms with Crippen LogP contribution in [0.1, 0.15) is 65.2 Å². The maximum atomic E-state index is 14.3. The summed E-state index contributed by atoms with van der Waals surface area (Å²) >= 11 is 1.61. The Hall–Kier alpha value is -2.58. The second-order valence-electron chi connectivity index (χ2n) is 12.7. The summed E-state index contributed by atoms with van der Waals surface area (Å²) in [7, 11) is 0. The first-order valence-electron chi connectivity index (χ1n) is 15.4. The highest BCUT2D eigenvalue weighted by molar-refractivity contribution is 7.98. The zero-order valence-corrected chi connectivity index (χ0v) is 25.3. The molecule has 0 aromatic heterocycles. The first kappa shape index (κ1) is 28.5. The van der Waals surface area contributed by atoms with Crippen molar-refractivity contribution >= 4 is 35.2 Å². The molecule has 1 saturated carbocycles. The maximum Gasteiger partial charge on any atom is 0.246 e. The molecular formula is C33H43N3O4S. The van der Waals surface area contributed by atoms with Gasteiger partial charge in [0.25, 0.3) is 0 Å². The highest BCUT2D eigenvalue weighted by Gasteiger charge is 2.72. The Bertz CT molecular complexity index is 1260. The van der Waals surface area contributed by atoms with Crippen molar-refractivity contribution < 1.29 is 19.1 Å². The highest BCUT2D eigenvalue weighted by Crippen LogP contribution is 2.55. The van der Waals surface area contributed by atoms with Crippen LogP contribution >= 0.6 is 11.8 Å². The fourth-order valence-corrected chi connectivity index (χ4v) is 8.34. The van der Waals surface area contributed by atoms with Crippen LogP contribution in [0.25, 0.3) is 0 Å². The number of hydrogen-bond donors (Lipinski definition) is 2. The van der Waals surface area contributed by atoms with Gasteiger partial charge in [-0.25, -0.2) is 0 Å². The van der Waals surface area contributed by atoms with E-state index in [1.165, 1.54) is 24.8 Å². The summed E-state index contributed by atoms with van der Waals surface area (Å²) in [5.41, 5.74) is 0.930. The number of nitrogens with zero attached hydrogens (tertiary/aromatic N) is 1. The first-order chi connectivity index (χ1) is 19.8. The molecule has 3 fully saturated rings. The van der Waals surface area contributed by atoms with Gasteiger partial charge in [0.15, 0.2) is 0 Å². The van der Waals surface area contributed by atoms with Crippen molar-refractivity contribution in [2.45, 2.75) is 93.9 Å². The fourth-order valence-electron chi connectivity index (χ4n) is 7.88. The quantitative estimate of drug-likeness (QED) is 0.322. The minimum Gasteiger partial charge on any atom is -0.359 e. The summed E-state index contributed by atoms with van der Waals surface area (Å²) in [5.74, 6) is -1.03. The fraction of sp³-hybridized carbons (Fsp3) is 0.606. The van der Waals surface area contributed by atoms with Gasteiger partial charge in [-0.2, -0.15) is 0 Å². The summed E-state index contributed by atoms with van der Waals surface area (Å²) in [4.78, 5) is 45.0. The SMILES string of the molecule is CSc1cccc(NC(=O)[C@@H]2[C@@H]3C=C[C@]4(O3)[C@@H]2C(=O)N(CCC2=CCCCC2)[C@H]4C(=O)N[C@@H]2CCC[C@@H](C)[C@@H]2C)c1. The van der Waals surface area contributed by atoms with Crippen LogP contribution in [0.15, 0.2) is 53.0 Å². The Labute approximate surface area is 247 Å². The van der Waals surface area contributed by atoms with E-state index in [9.17, 15) is 14.4 Å². The van der Waals surface area contributed by atoms with Crippen molar-refractivity contribution in [3.8, 4) is 0 Å². The lowest BCUT2D eigenvalue weighted by atomic mass is 9.73. The van der Waals surface area contributed by atoms with Crippen LogP contribution in [0.2, 0.25) is 0 Å². The minimum absolute atomic E-state index is 0.0742. The zero-order chi connectivity index (χ0) is 28.7. The molecule has 41 heavy (non-hydrogen) atoms. The van der Waals surface area contributed by atoms with Gasteiger partial charge >= 0.3 is 0 Å². The van der Waals surface area contributed by atoms with E-state index in [0.717, 1.165) is 37.0 Å². The molecule has 6 rings (SSSR count). The smallest absolute Gasteiger partial charge is 0.246 e. The lowest BCUT2D eigenvalue weighted by Gasteiger charge is -2.38. The van der Waals surface area contributed by atoms with Crippen molar-refractivity contribution in [2.24, 2.45) is 23.7 Å². The van der Waals surface area contributed by atoms with Gasteiger partial charge in [0.2, 0.25) is 17.7 Å². The van der Waals surface area contributed by atoms with Gasteiger partial charge in [-0.3, -0.25) is 14.4 Å². The molecule has 0 unspecified atom stereocenters. The summed E-state index contributed by atoms with van der Waals surface area (Å²) in [6.45, 7) is 4.93. The van der Waals surface area contributed by atoms with Gasteiger partial charge in [0.1, 0.15) is 11.6 Å². The number of thioether (sulfide) groups is 1. The molecule has 3 heterocycles. The molecule has 8 atom stereocenters. The van der Waals surface area contributed by atoms with E-state index in [0.29, 0.717) is 24.1 Å². The van der Waals surface area contributed by atoms with Crippen molar-refractivity contribution in [2.75, 3.05) is 18.1 Å². The van der Waals surface area contributed by atoms with E-state index in [1.807, 2.05) is 42.7 Å². The number of likely N-dealkylation sites (tertiary alicyclic amines) is 1. The second-order valence-corrected chi connectivity index (χ2v) is 13.6. The number of fused-ring (bicyclic) bond motifs is 1. The number of allylic oxidation sites excluding steroid dienone is 1. The molecule has 2 aliphatic carbocycles. The predicted molar refractivity (Wildman–Crippen MR) is 161 cm³/mol. The third-order valence-electron chi connectivity index (χ3n) is 10.4. The number of hydrogen-bond acceptors (Lipinski definition) is 5. The Balaban J connectivity index is 1.28. The number of anilines is 1. The molecule has 1 spiro atoms. The van der Waals surface area contributed by atoms with Crippen molar-refractivity contribution in [3.05, 3.63) is 48.1 Å². The maximum absolute atomic E-state index is 14.3. The van der Waals surface area contributed by atoms with Gasteiger partial charge in [-0.1, -0.05) is 56.6 Å². The molecule has 1 aromatic carbocycles. The van der Waals surface area contributed by atoms with Gasteiger partial charge in [-0.15, -0.1) is 11.8 Å². The summed E-state index contributed by atoms with van der Waals surface area (Å²) in [6.07, 6.45) is 16.0. The van der Waals surface area contributed by atoms with E-state index < -0.39 is 29.6 Å². The minimum atomic E-state index is -1.13. The Morgan fingerprint density at radius 1 is 1.15 bits per heavy atom. The normalized spacial score (nSPS) is 35.8.